The molecule has 2 aromatic carbocycles. The molecule has 28 heavy (non-hydrogen) atoms. The number of carbonyl (C=O) groups excluding carboxylic acids is 3. The van der Waals surface area contributed by atoms with Crippen LogP contribution in [0.5, 0.6) is 23.0 Å². The van der Waals surface area contributed by atoms with Crippen molar-refractivity contribution in [2.24, 2.45) is 0 Å². The van der Waals surface area contributed by atoms with E-state index in [0.717, 1.165) is 0 Å². The maximum Gasteiger partial charge on any atom is 0.308 e. The minimum absolute atomic E-state index is 0.0209. The standard InChI is InChI=1S/C21H20O7/c1-11(22)25-17-10-18(26-12(2)23)20(27-13(3)24)15-6-7-16-14(19(15)17)8-9-21(4,5)28-16/h6-10H,1-5H3. The summed E-state index contributed by atoms with van der Waals surface area (Å²) in [4.78, 5) is 34.8. The van der Waals surface area contributed by atoms with E-state index in [1.807, 2.05) is 26.0 Å². The van der Waals surface area contributed by atoms with Gasteiger partial charge in [0.2, 0.25) is 0 Å². The lowest BCUT2D eigenvalue weighted by Gasteiger charge is -2.29. The average Bonchev–Trinajstić information content (AvgIpc) is 2.55. The van der Waals surface area contributed by atoms with Crippen LogP contribution < -0.4 is 18.9 Å². The highest BCUT2D eigenvalue weighted by Gasteiger charge is 2.27. The van der Waals surface area contributed by atoms with Crippen molar-refractivity contribution < 1.29 is 33.3 Å². The number of fused-ring (bicyclic) bond motifs is 3. The molecule has 0 amide bonds. The molecule has 1 aliphatic heterocycles. The molecule has 0 aliphatic carbocycles. The fourth-order valence-electron chi connectivity index (χ4n) is 3.02. The van der Waals surface area contributed by atoms with Crippen LogP contribution in [0.4, 0.5) is 0 Å². The molecule has 0 bridgehead atoms. The lowest BCUT2D eigenvalue weighted by molar-refractivity contribution is -0.134. The van der Waals surface area contributed by atoms with Gasteiger partial charge in [0, 0.05) is 43.2 Å². The molecule has 0 fully saturated rings. The van der Waals surface area contributed by atoms with Gasteiger partial charge in [-0.25, -0.2) is 0 Å². The van der Waals surface area contributed by atoms with Crippen molar-refractivity contribution in [3.8, 4) is 23.0 Å². The molecule has 7 nitrogen and oxygen atoms in total. The van der Waals surface area contributed by atoms with Gasteiger partial charge >= 0.3 is 17.9 Å². The van der Waals surface area contributed by atoms with Crippen LogP contribution in [0.2, 0.25) is 0 Å². The summed E-state index contributed by atoms with van der Waals surface area (Å²) >= 11 is 0. The Bertz CT molecular complexity index is 1030. The van der Waals surface area contributed by atoms with E-state index < -0.39 is 23.5 Å². The summed E-state index contributed by atoms with van der Waals surface area (Å²) in [5.74, 6) is -0.942. The van der Waals surface area contributed by atoms with Crippen LogP contribution in [0.3, 0.4) is 0 Å². The van der Waals surface area contributed by atoms with E-state index in [9.17, 15) is 14.4 Å². The normalized spacial score (nSPS) is 14.0. The average molecular weight is 384 g/mol. The second kappa shape index (κ2) is 6.99. The van der Waals surface area contributed by atoms with Crippen LogP contribution in [0, 0.1) is 0 Å². The number of carbonyl (C=O) groups is 3. The molecule has 0 spiro atoms. The molecule has 3 rings (SSSR count). The summed E-state index contributed by atoms with van der Waals surface area (Å²) in [6.07, 6.45) is 3.73. The second-order valence-corrected chi connectivity index (χ2v) is 6.92. The lowest BCUT2D eigenvalue weighted by Crippen LogP contribution is -2.27. The number of hydrogen-bond acceptors (Lipinski definition) is 7. The molecule has 1 aliphatic rings. The van der Waals surface area contributed by atoms with Gasteiger partial charge in [0.25, 0.3) is 0 Å². The Morgan fingerprint density at radius 2 is 1.50 bits per heavy atom. The van der Waals surface area contributed by atoms with Gasteiger partial charge in [-0.05, 0) is 32.1 Å². The third-order valence-electron chi connectivity index (χ3n) is 3.96. The molecule has 0 saturated carbocycles. The molecule has 0 aromatic heterocycles. The van der Waals surface area contributed by atoms with Crippen LogP contribution in [0.1, 0.15) is 40.2 Å². The second-order valence-electron chi connectivity index (χ2n) is 6.92. The van der Waals surface area contributed by atoms with Crippen molar-refractivity contribution >= 4 is 34.8 Å². The SMILES string of the molecule is CC(=O)Oc1cc(OC(C)=O)c2c3c(ccc2c1OC(C)=O)OC(C)(C)C=C3. The van der Waals surface area contributed by atoms with E-state index in [1.165, 1.54) is 26.8 Å². The van der Waals surface area contributed by atoms with E-state index in [0.29, 0.717) is 22.1 Å². The molecule has 0 N–H and O–H groups in total. The zero-order valence-electron chi connectivity index (χ0n) is 16.2. The molecule has 0 radical (unpaired) electrons. The summed E-state index contributed by atoms with van der Waals surface area (Å²) in [7, 11) is 0. The van der Waals surface area contributed by atoms with Crippen LogP contribution in [-0.4, -0.2) is 23.5 Å². The maximum atomic E-state index is 11.7. The van der Waals surface area contributed by atoms with Gasteiger partial charge in [-0.15, -0.1) is 0 Å². The Balaban J connectivity index is 2.38. The molecular weight excluding hydrogens is 364 g/mol. The molecule has 0 unspecified atom stereocenters. The van der Waals surface area contributed by atoms with Crippen molar-refractivity contribution in [3.63, 3.8) is 0 Å². The first-order valence-electron chi connectivity index (χ1n) is 8.64. The van der Waals surface area contributed by atoms with E-state index >= 15 is 0 Å². The Labute approximate surface area is 161 Å². The van der Waals surface area contributed by atoms with Crippen molar-refractivity contribution in [2.45, 2.75) is 40.2 Å². The van der Waals surface area contributed by atoms with Crippen molar-refractivity contribution in [1.82, 2.24) is 0 Å². The third-order valence-corrected chi connectivity index (χ3v) is 3.96. The zero-order valence-corrected chi connectivity index (χ0v) is 16.2. The van der Waals surface area contributed by atoms with Gasteiger partial charge in [-0.1, -0.05) is 6.08 Å². The smallest absolute Gasteiger partial charge is 0.308 e. The summed E-state index contributed by atoms with van der Waals surface area (Å²) in [6, 6.07) is 4.75. The van der Waals surface area contributed by atoms with Crippen molar-refractivity contribution in [3.05, 3.63) is 29.8 Å². The van der Waals surface area contributed by atoms with Crippen LogP contribution in [0.15, 0.2) is 24.3 Å². The Morgan fingerprint density at radius 1 is 0.893 bits per heavy atom. The summed E-state index contributed by atoms with van der Waals surface area (Å²) in [6.45, 7) is 7.56. The maximum absolute atomic E-state index is 11.7. The van der Waals surface area contributed by atoms with Gasteiger partial charge in [0.1, 0.15) is 17.1 Å². The first-order chi connectivity index (χ1) is 13.1. The number of ether oxygens (including phenoxy) is 4. The topological polar surface area (TPSA) is 88.1 Å². The molecule has 0 atom stereocenters. The third kappa shape index (κ3) is 3.83. The van der Waals surface area contributed by atoms with Crippen LogP contribution >= 0.6 is 0 Å². The van der Waals surface area contributed by atoms with Gasteiger partial charge in [-0.2, -0.15) is 0 Å². The van der Waals surface area contributed by atoms with E-state index in [1.54, 1.807) is 12.1 Å². The number of benzene rings is 2. The predicted octanol–water partition coefficient (Wildman–Crippen LogP) is 3.80. The monoisotopic (exact) mass is 384 g/mol. The highest BCUT2D eigenvalue weighted by molar-refractivity contribution is 6.04. The number of esters is 3. The molecule has 7 heteroatoms. The predicted molar refractivity (Wildman–Crippen MR) is 102 cm³/mol. The highest BCUT2D eigenvalue weighted by Crippen LogP contribution is 2.47. The quantitative estimate of drug-likeness (QED) is 0.587. The summed E-state index contributed by atoms with van der Waals surface area (Å²) < 4.78 is 21.9. The lowest BCUT2D eigenvalue weighted by atomic mass is 9.96. The van der Waals surface area contributed by atoms with Crippen molar-refractivity contribution in [2.75, 3.05) is 0 Å². The number of rotatable bonds is 3. The Hall–Kier alpha value is -3.35. The Kier molecular flexibility index (Phi) is 4.85. The summed E-state index contributed by atoms with van der Waals surface area (Å²) in [5, 5.41) is 0.948. The van der Waals surface area contributed by atoms with Gasteiger partial charge in [0.15, 0.2) is 11.5 Å². The Morgan fingerprint density at radius 3 is 2.11 bits per heavy atom. The molecule has 146 valence electrons. The fourth-order valence-corrected chi connectivity index (χ4v) is 3.02. The highest BCUT2D eigenvalue weighted by atomic mass is 16.6. The van der Waals surface area contributed by atoms with Crippen LogP contribution in [0.25, 0.3) is 16.8 Å². The molecule has 0 saturated heterocycles. The summed E-state index contributed by atoms with van der Waals surface area (Å²) in [5.41, 5.74) is 0.162. The molecular formula is C21H20O7. The minimum Gasteiger partial charge on any atom is -0.483 e. The van der Waals surface area contributed by atoms with E-state index in [-0.39, 0.29) is 17.2 Å². The first-order valence-corrected chi connectivity index (χ1v) is 8.64. The van der Waals surface area contributed by atoms with Crippen LogP contribution in [-0.2, 0) is 14.4 Å². The van der Waals surface area contributed by atoms with Gasteiger partial charge < -0.3 is 18.9 Å². The van der Waals surface area contributed by atoms with Gasteiger partial charge in [-0.3, -0.25) is 14.4 Å². The van der Waals surface area contributed by atoms with E-state index in [4.69, 9.17) is 18.9 Å². The molecule has 2 aromatic rings. The molecule has 1 heterocycles. The van der Waals surface area contributed by atoms with E-state index in [2.05, 4.69) is 0 Å². The largest absolute Gasteiger partial charge is 0.483 e. The van der Waals surface area contributed by atoms with Crippen molar-refractivity contribution in [1.29, 1.82) is 0 Å². The van der Waals surface area contributed by atoms with Gasteiger partial charge in [0.05, 0.1) is 0 Å². The first kappa shape index (κ1) is 19.4. The zero-order chi connectivity index (χ0) is 20.6. The fraction of sp³-hybridized carbons (Fsp3) is 0.286. The number of hydrogen-bond donors (Lipinski definition) is 0. The minimum atomic E-state index is -0.607.